The number of aromatic amines is 8. The van der Waals surface area contributed by atoms with E-state index in [4.69, 9.17) is 43.1 Å². The van der Waals surface area contributed by atoms with Gasteiger partial charge < -0.3 is 35.9 Å². The van der Waals surface area contributed by atoms with Crippen LogP contribution in [0.15, 0.2) is 293 Å². The molecule has 144 heavy (non-hydrogen) atoms. The Bertz CT molecular complexity index is 9030. The van der Waals surface area contributed by atoms with Crippen molar-refractivity contribution in [3.63, 3.8) is 0 Å². The summed E-state index contributed by atoms with van der Waals surface area (Å²) in [5.41, 5.74) is 29.5. The van der Waals surface area contributed by atoms with Gasteiger partial charge in [0.15, 0.2) is 45.9 Å². The summed E-state index contributed by atoms with van der Waals surface area (Å²) in [5, 5.41) is 43.2. The minimum Gasteiger partial charge on any atom is -0.337 e. The number of carbonyl (C=O) groups is 4. The zero-order valence-corrected chi connectivity index (χ0v) is 78.9. The zero-order chi connectivity index (χ0) is 98.0. The number of H-pyrrole nitrogens is 8. The monoisotopic (exact) mass is 1930 g/mol. The van der Waals surface area contributed by atoms with E-state index >= 15 is 0 Å². The summed E-state index contributed by atoms with van der Waals surface area (Å²) >= 11 is 12.5. The van der Waals surface area contributed by atoms with Gasteiger partial charge in [0.05, 0.1) is 113 Å². The van der Waals surface area contributed by atoms with Crippen molar-refractivity contribution in [3.8, 4) is 135 Å². The quantitative estimate of drug-likeness (QED) is 0.0318. The van der Waals surface area contributed by atoms with Crippen LogP contribution in [0, 0.1) is 11.8 Å². The fraction of sp³-hybridized carbons (Fsp3) is 0.101. The van der Waals surface area contributed by atoms with Crippen LogP contribution in [0.3, 0.4) is 0 Å². The topological polar surface area (TPSA) is 463 Å². The molecule has 1 aliphatic carbocycles. The smallest absolute Gasteiger partial charge is 0.227 e. The lowest BCUT2D eigenvalue weighted by Crippen LogP contribution is -2.17. The number of hydrogen-bond donors (Lipinski definition) is 11. The number of hydrogen-bond acceptors (Lipinski definition) is 22. The van der Waals surface area contributed by atoms with Gasteiger partial charge in [-0.15, -0.1) is 0 Å². The summed E-state index contributed by atoms with van der Waals surface area (Å²) in [4.78, 5) is 126. The molecule has 0 atom stereocenters. The summed E-state index contributed by atoms with van der Waals surface area (Å²) in [7, 11) is 0. The molecule has 0 radical (unpaired) electrons. The molecule has 35 heteroatoms. The van der Waals surface area contributed by atoms with Crippen LogP contribution < -0.4 is 16.0 Å². The molecule has 1 saturated carbocycles. The number of imidazole rings is 4. The van der Waals surface area contributed by atoms with E-state index in [-0.39, 0.29) is 35.3 Å². The number of para-hydroxylation sites is 4. The van der Waals surface area contributed by atoms with Crippen molar-refractivity contribution < 1.29 is 19.2 Å². The van der Waals surface area contributed by atoms with Gasteiger partial charge in [-0.2, -0.15) is 20.4 Å². The molecule has 0 spiro atoms. The summed E-state index contributed by atoms with van der Waals surface area (Å²) in [6.45, 7) is 7.37. The standard InChI is InChI=1S/C28H22ClN7O.C27H20ClN7O.C27H20N8O.C27H21N7O/c1-15(2)28(37)32-20-10-17(12-30-14-20)18-11-22-25(35-36-26(22)31-13-18)27-33-23-8-4-7-21(24(23)34-27)16-5-3-6-19(29)9-16;1-2-23(36)31-19-10-16(12-29-14-19)17-11-21-25(34-35-26(21)30-13-17)27-32-22-8-4-7-20(24(22)33-27)15-5-3-6-18(28)9-15;36-27(15-7-8-15)31-18-10-16(12-28-14-18)17-11-20-24(34-35-25(20)30-13-17)26-32-22-6-3-4-19(23(22)33-26)21-5-1-2-9-29-21;1-2-19(35)13-18-10-9-16(14-29-18)17-12-21-25(33-34-26(21)30-15-17)27-31-23-8-5-6-20(24(23)32-27)22-7-3-4-11-28-22/h3-15H,1-2H3,(H,32,37)(H,33,34)(H,31,35,36);3-14H,2H2,1H3,(H,31,36)(H,32,33)(H,30,34,35);1-6,9-15H,7-8H2,(H,31,36)(H,32,33)(H,30,34,35);3-12,14-15H,2,13H2,1H3,(H,31,32)(H,30,33,34). The number of ketones is 1. The van der Waals surface area contributed by atoms with Crippen molar-refractivity contribution >= 4 is 152 Å². The molecule has 24 aromatic rings. The lowest BCUT2D eigenvalue weighted by molar-refractivity contribution is -0.119. The Morgan fingerprint density at radius 1 is 0.347 bits per heavy atom. The largest absolute Gasteiger partial charge is 0.337 e. The summed E-state index contributed by atoms with van der Waals surface area (Å²) in [6.07, 6.45) is 25.7. The van der Waals surface area contributed by atoms with Gasteiger partial charge in [0.25, 0.3) is 0 Å². The summed E-state index contributed by atoms with van der Waals surface area (Å²) < 4.78 is 0. The van der Waals surface area contributed by atoms with Crippen molar-refractivity contribution in [1.82, 2.24) is 131 Å². The van der Waals surface area contributed by atoms with Gasteiger partial charge in [0, 0.05) is 176 Å². The fourth-order valence-corrected chi connectivity index (χ4v) is 17.3. The number of nitrogens with zero attached hydrogens (tertiary/aromatic N) is 18. The maximum atomic E-state index is 12.2. The number of pyridine rings is 10. The van der Waals surface area contributed by atoms with Crippen molar-refractivity contribution in [2.45, 2.75) is 59.8 Å². The third-order valence-electron chi connectivity index (χ3n) is 24.5. The predicted molar refractivity (Wildman–Crippen MR) is 559 cm³/mol. The Hall–Kier alpha value is -18.8. The summed E-state index contributed by atoms with van der Waals surface area (Å²) in [6, 6.07) is 68.7. The number of rotatable bonds is 21. The van der Waals surface area contributed by atoms with Crippen LogP contribution in [0.5, 0.6) is 0 Å². The molecule has 11 N–H and O–H groups in total. The highest BCUT2D eigenvalue weighted by molar-refractivity contribution is 6.31. The second-order valence-electron chi connectivity index (χ2n) is 34.7. The van der Waals surface area contributed by atoms with Crippen molar-refractivity contribution in [2.24, 2.45) is 11.8 Å². The van der Waals surface area contributed by atoms with Crippen molar-refractivity contribution in [1.29, 1.82) is 0 Å². The van der Waals surface area contributed by atoms with E-state index < -0.39 is 0 Å². The van der Waals surface area contributed by atoms with Crippen LogP contribution in [0.2, 0.25) is 10.0 Å². The minimum atomic E-state index is -0.127. The lowest BCUT2D eigenvalue weighted by Gasteiger charge is -2.09. The first kappa shape index (κ1) is 90.4. The average Bonchev–Trinajstić information content (AvgIpc) is 1.63. The van der Waals surface area contributed by atoms with Gasteiger partial charge >= 0.3 is 0 Å². The molecule has 0 bridgehead atoms. The molecule has 3 amide bonds. The molecular formula is C109H83Cl2N29O4. The van der Waals surface area contributed by atoms with Crippen molar-refractivity contribution in [2.75, 3.05) is 16.0 Å². The molecule has 1 fully saturated rings. The number of aromatic nitrogens is 26. The molecule has 702 valence electrons. The Morgan fingerprint density at radius 2 is 0.715 bits per heavy atom. The molecule has 25 rings (SSSR count). The number of amides is 3. The molecule has 33 nitrogen and oxygen atoms in total. The van der Waals surface area contributed by atoms with Crippen LogP contribution in [-0.4, -0.2) is 154 Å². The normalized spacial score (nSPS) is 11.9. The maximum absolute atomic E-state index is 12.2. The first-order valence-electron chi connectivity index (χ1n) is 46.4. The van der Waals surface area contributed by atoms with E-state index in [0.717, 1.165) is 196 Å². The van der Waals surface area contributed by atoms with E-state index in [1.165, 1.54) is 0 Å². The van der Waals surface area contributed by atoms with E-state index in [9.17, 15) is 19.2 Å². The first-order valence-corrected chi connectivity index (χ1v) is 47.2. The molecule has 0 unspecified atom stereocenters. The van der Waals surface area contributed by atoms with E-state index in [1.54, 1.807) is 87.5 Å². The van der Waals surface area contributed by atoms with Crippen LogP contribution in [0.4, 0.5) is 17.1 Å². The Kier molecular flexibility index (Phi) is 24.6. The number of carbonyl (C=O) groups excluding carboxylic acids is 4. The molecule has 1 aliphatic rings. The van der Waals surface area contributed by atoms with Gasteiger partial charge in [0.1, 0.15) is 28.6 Å². The fourth-order valence-electron chi connectivity index (χ4n) is 16.9. The van der Waals surface area contributed by atoms with E-state index in [0.29, 0.717) is 92.3 Å². The Balaban J connectivity index is 0.000000110. The van der Waals surface area contributed by atoms with Gasteiger partial charge in [-0.3, -0.25) is 69.5 Å². The lowest BCUT2D eigenvalue weighted by atomic mass is 10.0. The predicted octanol–water partition coefficient (Wildman–Crippen LogP) is 22.8. The van der Waals surface area contributed by atoms with Gasteiger partial charge in [0.2, 0.25) is 17.7 Å². The van der Waals surface area contributed by atoms with E-state index in [2.05, 4.69) is 127 Å². The molecule has 0 saturated heterocycles. The molecule has 18 aromatic heterocycles. The first-order chi connectivity index (χ1) is 70.5. The minimum absolute atomic E-state index is 0.0506. The molecular weight excluding hydrogens is 1850 g/mol. The number of Topliss-reactive ketones (excluding diaryl/α,β-unsaturated/α-hetero) is 1. The number of nitrogens with one attached hydrogen (secondary N) is 11. The number of anilines is 3. The third kappa shape index (κ3) is 18.9. The van der Waals surface area contributed by atoms with Crippen LogP contribution in [-0.2, 0) is 25.6 Å². The Labute approximate surface area is 828 Å². The number of fused-ring (bicyclic) bond motifs is 8. The second-order valence-corrected chi connectivity index (χ2v) is 35.6. The second kappa shape index (κ2) is 39.3. The number of benzene rings is 6. The van der Waals surface area contributed by atoms with Crippen molar-refractivity contribution in [3.05, 3.63) is 309 Å². The van der Waals surface area contributed by atoms with Crippen LogP contribution in [0.1, 0.15) is 59.1 Å². The highest BCUT2D eigenvalue weighted by Gasteiger charge is 2.30. The highest BCUT2D eigenvalue weighted by Crippen LogP contribution is 2.41. The highest BCUT2D eigenvalue weighted by atomic mass is 35.5. The summed E-state index contributed by atoms with van der Waals surface area (Å²) in [5.74, 6) is 2.75. The third-order valence-corrected chi connectivity index (χ3v) is 25.0. The van der Waals surface area contributed by atoms with E-state index in [1.807, 2.05) is 233 Å². The van der Waals surface area contributed by atoms with Gasteiger partial charge in [-0.05, 0) is 145 Å². The van der Waals surface area contributed by atoms with Gasteiger partial charge in [-0.1, -0.05) is 142 Å². The molecule has 6 aromatic carbocycles. The average molecular weight is 1930 g/mol. The van der Waals surface area contributed by atoms with Gasteiger partial charge in [-0.25, -0.2) is 39.9 Å². The molecule has 18 heterocycles. The number of halogens is 2. The zero-order valence-electron chi connectivity index (χ0n) is 77.3. The van der Waals surface area contributed by atoms with Crippen LogP contribution in [0.25, 0.3) is 224 Å². The van der Waals surface area contributed by atoms with Crippen LogP contribution >= 0.6 is 23.2 Å². The Morgan fingerprint density at radius 3 is 1.08 bits per heavy atom. The SMILES string of the molecule is CC(C)C(=O)Nc1cncc(-c2cnc3n[nH]c(-c4nc5c(-c6cccc(Cl)c6)cccc5[nH]4)c3c2)c1.CCC(=O)Cc1ccc(-c2cnc3n[nH]c(-c4nc5c(-c6ccccn6)cccc5[nH]4)c3c2)cn1.CCC(=O)Nc1cncc(-c2cnc3n[nH]c(-c4nc5c(-c6cccc(Cl)c6)cccc5[nH]4)c3c2)c1.O=C(Nc1cncc(-c2cnc3n[nH]c(-c4nc5c(-c6ccccn6)cccc5[nH]4)c3c2)c1)C1CC1. The maximum Gasteiger partial charge on any atom is 0.227 e. The molecule has 0 aliphatic heterocycles.